The van der Waals surface area contributed by atoms with Crippen molar-refractivity contribution in [2.75, 3.05) is 0 Å². The molecule has 0 unspecified atom stereocenters. The van der Waals surface area contributed by atoms with E-state index in [2.05, 4.69) is 13.2 Å². The average Bonchev–Trinajstić information content (AvgIpc) is 2.12. The van der Waals surface area contributed by atoms with Crippen LogP contribution in [0.1, 0.15) is 11.3 Å². The maximum atomic E-state index is 11.1. The molecule has 0 saturated carbocycles. The molecule has 0 spiro atoms. The van der Waals surface area contributed by atoms with Crippen molar-refractivity contribution in [1.82, 2.24) is 0 Å². The summed E-state index contributed by atoms with van der Waals surface area (Å²) in [5, 5.41) is 0. The Morgan fingerprint density at radius 3 is 2.64 bits per heavy atom. The molecule has 0 saturated heterocycles. The smallest absolute Gasteiger partial charge is 0.336 e. The normalized spacial score (nSPS) is 11.1. The lowest BCUT2D eigenvalue weighted by molar-refractivity contribution is 0.497. The summed E-state index contributed by atoms with van der Waals surface area (Å²) < 4.78 is 5.02. The van der Waals surface area contributed by atoms with E-state index >= 15 is 0 Å². The van der Waals surface area contributed by atoms with Crippen LogP contribution in [0.4, 0.5) is 0 Å². The van der Waals surface area contributed by atoms with Crippen molar-refractivity contribution in [3.05, 3.63) is 65.3 Å². The first-order chi connectivity index (χ1) is 6.67. The predicted molar refractivity (Wildman–Crippen MR) is 58.1 cm³/mol. The topological polar surface area (TPSA) is 30.2 Å². The second-order valence-corrected chi connectivity index (χ2v) is 2.88. The second-order valence-electron chi connectivity index (χ2n) is 2.88. The van der Waals surface area contributed by atoms with Gasteiger partial charge >= 0.3 is 5.63 Å². The highest BCUT2D eigenvalue weighted by atomic mass is 16.4. The fourth-order valence-electron chi connectivity index (χ4n) is 1.12. The zero-order valence-corrected chi connectivity index (χ0v) is 8.12. The minimum Gasteiger partial charge on any atom is -0.423 e. The molecular weight excluding hydrogens is 176 g/mol. The van der Waals surface area contributed by atoms with Crippen molar-refractivity contribution in [3.8, 4) is 0 Å². The van der Waals surface area contributed by atoms with Gasteiger partial charge in [-0.3, -0.25) is 0 Å². The van der Waals surface area contributed by atoms with Gasteiger partial charge in [0.2, 0.25) is 0 Å². The van der Waals surface area contributed by atoms with E-state index in [1.54, 1.807) is 24.3 Å². The third kappa shape index (κ3) is 2.33. The van der Waals surface area contributed by atoms with Crippen LogP contribution in [0.25, 0.3) is 5.57 Å². The quantitative estimate of drug-likeness (QED) is 0.683. The van der Waals surface area contributed by atoms with Crippen molar-refractivity contribution < 1.29 is 4.42 Å². The van der Waals surface area contributed by atoms with Gasteiger partial charge in [0, 0.05) is 11.6 Å². The first-order valence-corrected chi connectivity index (χ1v) is 4.24. The number of rotatable bonds is 3. The Labute approximate surface area is 82.9 Å². The van der Waals surface area contributed by atoms with Crippen molar-refractivity contribution in [3.63, 3.8) is 0 Å². The summed E-state index contributed by atoms with van der Waals surface area (Å²) in [6.45, 7) is 9.05. The average molecular weight is 188 g/mol. The molecule has 0 bridgehead atoms. The van der Waals surface area contributed by atoms with Crippen LogP contribution in [0.3, 0.4) is 0 Å². The van der Waals surface area contributed by atoms with Crippen molar-refractivity contribution in [1.29, 1.82) is 0 Å². The van der Waals surface area contributed by atoms with Crippen molar-refractivity contribution in [2.24, 2.45) is 0 Å². The van der Waals surface area contributed by atoms with E-state index in [4.69, 9.17) is 4.42 Å². The van der Waals surface area contributed by atoms with E-state index < -0.39 is 0 Å². The van der Waals surface area contributed by atoms with Gasteiger partial charge in [-0.05, 0) is 18.6 Å². The van der Waals surface area contributed by atoms with Gasteiger partial charge in [0.25, 0.3) is 0 Å². The minimum atomic E-state index is -0.350. The summed E-state index contributed by atoms with van der Waals surface area (Å²) in [6, 6.07) is 3.23. The first kappa shape index (κ1) is 10.3. The highest BCUT2D eigenvalue weighted by molar-refractivity contribution is 5.71. The van der Waals surface area contributed by atoms with Crippen molar-refractivity contribution in [2.45, 2.75) is 6.92 Å². The summed E-state index contributed by atoms with van der Waals surface area (Å²) in [7, 11) is 0. The molecule has 14 heavy (non-hydrogen) atoms. The summed E-state index contributed by atoms with van der Waals surface area (Å²) in [4.78, 5) is 11.1. The minimum absolute atomic E-state index is 0.350. The summed E-state index contributed by atoms with van der Waals surface area (Å²) in [5.74, 6) is 0.518. The van der Waals surface area contributed by atoms with E-state index in [9.17, 15) is 4.79 Å². The molecule has 0 amide bonds. The zero-order chi connectivity index (χ0) is 10.6. The van der Waals surface area contributed by atoms with Crippen LogP contribution < -0.4 is 5.63 Å². The SMILES string of the molecule is C=C/C=C(\C=C)c1cc(C)cc(=O)o1. The number of aryl methyl sites for hydroxylation is 1. The zero-order valence-electron chi connectivity index (χ0n) is 8.12. The first-order valence-electron chi connectivity index (χ1n) is 4.24. The molecule has 0 radical (unpaired) electrons. The lowest BCUT2D eigenvalue weighted by Gasteiger charge is -2.00. The van der Waals surface area contributed by atoms with Gasteiger partial charge in [-0.2, -0.15) is 0 Å². The van der Waals surface area contributed by atoms with Crippen LogP contribution in [-0.4, -0.2) is 0 Å². The Morgan fingerprint density at radius 2 is 2.14 bits per heavy atom. The molecule has 1 aromatic rings. The van der Waals surface area contributed by atoms with Crippen LogP contribution in [0.2, 0.25) is 0 Å². The van der Waals surface area contributed by atoms with Gasteiger partial charge in [0.05, 0.1) is 0 Å². The fraction of sp³-hybridized carbons (Fsp3) is 0.0833. The lowest BCUT2D eigenvalue weighted by Crippen LogP contribution is -1.99. The van der Waals surface area contributed by atoms with Gasteiger partial charge in [0.1, 0.15) is 5.76 Å². The highest BCUT2D eigenvalue weighted by Crippen LogP contribution is 2.14. The van der Waals surface area contributed by atoms with E-state index in [0.717, 1.165) is 11.1 Å². The number of allylic oxidation sites excluding steroid dienone is 4. The van der Waals surface area contributed by atoms with Crippen LogP contribution >= 0.6 is 0 Å². The lowest BCUT2D eigenvalue weighted by atomic mass is 10.1. The Balaban J connectivity index is 3.30. The van der Waals surface area contributed by atoms with Gasteiger partial charge in [-0.25, -0.2) is 4.79 Å². The largest absolute Gasteiger partial charge is 0.423 e. The Morgan fingerprint density at radius 1 is 1.43 bits per heavy atom. The van der Waals surface area contributed by atoms with Crippen LogP contribution in [0.5, 0.6) is 0 Å². The van der Waals surface area contributed by atoms with Crippen LogP contribution in [0, 0.1) is 6.92 Å². The predicted octanol–water partition coefficient (Wildman–Crippen LogP) is 2.70. The summed E-state index contributed by atoms with van der Waals surface area (Å²) >= 11 is 0. The molecular formula is C12H12O2. The molecule has 72 valence electrons. The number of hydrogen-bond acceptors (Lipinski definition) is 2. The molecule has 0 aliphatic carbocycles. The van der Waals surface area contributed by atoms with E-state index in [1.165, 1.54) is 6.07 Å². The Hall–Kier alpha value is -1.83. The molecule has 1 heterocycles. The molecule has 2 heteroatoms. The maximum absolute atomic E-state index is 11.1. The standard InChI is InChI=1S/C12H12O2/c1-4-6-10(5-2)11-7-9(3)8-12(13)14-11/h4-8H,1-2H2,3H3/b10-6+. The summed E-state index contributed by atoms with van der Waals surface area (Å²) in [5.41, 5.74) is 1.27. The monoisotopic (exact) mass is 188 g/mol. The van der Waals surface area contributed by atoms with Crippen LogP contribution in [-0.2, 0) is 0 Å². The summed E-state index contributed by atoms with van der Waals surface area (Å²) in [6.07, 6.45) is 4.99. The third-order valence-electron chi connectivity index (χ3n) is 1.72. The maximum Gasteiger partial charge on any atom is 0.336 e. The molecule has 0 aliphatic rings. The van der Waals surface area contributed by atoms with Crippen molar-refractivity contribution >= 4 is 5.57 Å². The molecule has 1 aromatic heterocycles. The molecule has 2 nitrogen and oxygen atoms in total. The Bertz CT molecular complexity index is 436. The fourth-order valence-corrected chi connectivity index (χ4v) is 1.12. The molecule has 0 aliphatic heterocycles. The third-order valence-corrected chi connectivity index (χ3v) is 1.72. The van der Waals surface area contributed by atoms with E-state index in [1.807, 2.05) is 6.92 Å². The Kier molecular flexibility index (Phi) is 3.24. The number of hydrogen-bond donors (Lipinski definition) is 0. The van der Waals surface area contributed by atoms with Gasteiger partial charge in [-0.15, -0.1) is 0 Å². The molecule has 0 aromatic carbocycles. The van der Waals surface area contributed by atoms with Crippen LogP contribution in [0.15, 0.2) is 52.7 Å². The van der Waals surface area contributed by atoms with Gasteiger partial charge in [0.15, 0.2) is 0 Å². The van der Waals surface area contributed by atoms with E-state index in [0.29, 0.717) is 5.76 Å². The molecule has 0 atom stereocenters. The molecule has 0 N–H and O–H groups in total. The molecule has 0 fully saturated rings. The second kappa shape index (κ2) is 4.42. The van der Waals surface area contributed by atoms with Gasteiger partial charge < -0.3 is 4.42 Å². The molecule has 1 rings (SSSR count). The highest BCUT2D eigenvalue weighted by Gasteiger charge is 2.01. The van der Waals surface area contributed by atoms with Gasteiger partial charge in [-0.1, -0.05) is 31.4 Å². The van der Waals surface area contributed by atoms with E-state index in [-0.39, 0.29) is 5.63 Å².